The van der Waals surface area contributed by atoms with Crippen LogP contribution < -0.4 is 10.1 Å². The van der Waals surface area contributed by atoms with Crippen LogP contribution in [0.3, 0.4) is 0 Å². The zero-order valence-corrected chi connectivity index (χ0v) is 17.3. The van der Waals surface area contributed by atoms with E-state index in [2.05, 4.69) is 34.5 Å². The van der Waals surface area contributed by atoms with Gasteiger partial charge in [0.05, 0.1) is 13.7 Å². The van der Waals surface area contributed by atoms with Gasteiger partial charge in [-0.2, -0.15) is 0 Å². The van der Waals surface area contributed by atoms with Crippen molar-refractivity contribution >= 4 is 29.1 Å². The summed E-state index contributed by atoms with van der Waals surface area (Å²) in [6, 6.07) is 12.8. The van der Waals surface area contributed by atoms with E-state index in [9.17, 15) is 4.79 Å². The fraction of sp³-hybridized carbons (Fsp3) is 0.500. The van der Waals surface area contributed by atoms with E-state index >= 15 is 0 Å². The van der Waals surface area contributed by atoms with Crippen molar-refractivity contribution in [2.75, 3.05) is 20.7 Å². The van der Waals surface area contributed by atoms with Crippen molar-refractivity contribution in [2.45, 2.75) is 45.2 Å². The molecule has 0 radical (unpaired) electrons. The van der Waals surface area contributed by atoms with Gasteiger partial charge in [0.2, 0.25) is 5.91 Å². The molecule has 1 fully saturated rings. The van der Waals surface area contributed by atoms with Gasteiger partial charge in [-0.1, -0.05) is 50.1 Å². The van der Waals surface area contributed by atoms with Crippen LogP contribution in [-0.4, -0.2) is 37.6 Å². The monoisotopic (exact) mass is 390 g/mol. The van der Waals surface area contributed by atoms with Gasteiger partial charge in [0.25, 0.3) is 0 Å². The Kier molecular flexibility index (Phi) is 7.93. The second kappa shape index (κ2) is 9.95. The summed E-state index contributed by atoms with van der Waals surface area (Å²) in [7, 11) is 3.61. The van der Waals surface area contributed by atoms with Gasteiger partial charge in [-0.25, -0.2) is 0 Å². The number of amides is 1. The lowest BCUT2D eigenvalue weighted by Crippen LogP contribution is -2.43. The lowest BCUT2D eigenvalue weighted by molar-refractivity contribution is -0.137. The largest absolute Gasteiger partial charge is 0.496 e. The molecule has 0 heterocycles. The van der Waals surface area contributed by atoms with E-state index in [0.29, 0.717) is 19.1 Å². The van der Waals surface area contributed by atoms with Crippen molar-refractivity contribution in [2.24, 2.45) is 5.92 Å². The lowest BCUT2D eigenvalue weighted by atomic mass is 10.0. The van der Waals surface area contributed by atoms with Crippen LogP contribution in [0.2, 0.25) is 0 Å². The second-order valence-corrected chi connectivity index (χ2v) is 7.33. The van der Waals surface area contributed by atoms with Crippen LogP contribution >= 0.6 is 12.4 Å². The van der Waals surface area contributed by atoms with Crippen LogP contribution in [0.15, 0.2) is 36.4 Å². The van der Waals surface area contributed by atoms with E-state index in [1.165, 1.54) is 23.6 Å². The van der Waals surface area contributed by atoms with E-state index in [-0.39, 0.29) is 24.2 Å². The third kappa shape index (κ3) is 4.74. The van der Waals surface area contributed by atoms with Gasteiger partial charge in [0.1, 0.15) is 5.75 Å². The highest BCUT2D eigenvalue weighted by Gasteiger charge is 2.30. The van der Waals surface area contributed by atoms with E-state index in [4.69, 9.17) is 4.74 Å². The molecule has 3 rings (SSSR count). The summed E-state index contributed by atoms with van der Waals surface area (Å²) in [5.41, 5.74) is 1.11. The number of fused-ring (bicyclic) bond motifs is 1. The fourth-order valence-electron chi connectivity index (χ4n) is 4.12. The first-order valence-electron chi connectivity index (χ1n) is 9.65. The number of nitrogens with one attached hydrogen (secondary N) is 1. The minimum absolute atomic E-state index is 0. The minimum Gasteiger partial charge on any atom is -0.496 e. The number of nitrogens with zero attached hydrogens (tertiary/aromatic N) is 1. The minimum atomic E-state index is -0.0263. The molecule has 27 heavy (non-hydrogen) atoms. The van der Waals surface area contributed by atoms with Crippen LogP contribution in [0.25, 0.3) is 10.8 Å². The molecule has 1 amide bonds. The maximum atomic E-state index is 13.2. The van der Waals surface area contributed by atoms with E-state index in [1.54, 1.807) is 7.11 Å². The molecule has 0 spiro atoms. The smallest absolute Gasteiger partial charge is 0.227 e. The molecule has 148 valence electrons. The summed E-state index contributed by atoms with van der Waals surface area (Å²) in [6.45, 7) is 3.33. The Morgan fingerprint density at radius 3 is 2.59 bits per heavy atom. The van der Waals surface area contributed by atoms with Crippen molar-refractivity contribution < 1.29 is 9.53 Å². The Bertz CT molecular complexity index is 759. The molecular weight excluding hydrogens is 360 g/mol. The van der Waals surface area contributed by atoms with Gasteiger partial charge < -0.3 is 15.0 Å². The summed E-state index contributed by atoms with van der Waals surface area (Å²) >= 11 is 0. The Morgan fingerprint density at radius 2 is 1.93 bits per heavy atom. The van der Waals surface area contributed by atoms with Gasteiger partial charge in [-0.15, -0.1) is 12.4 Å². The van der Waals surface area contributed by atoms with E-state index < -0.39 is 0 Å². The molecule has 0 saturated heterocycles. The SMILES string of the molecule is CNCC(C)C(=O)N(Cc1c(OC)ccc2ccccc12)C1CCCC1.Cl. The average molecular weight is 391 g/mol. The van der Waals surface area contributed by atoms with Crippen molar-refractivity contribution in [1.82, 2.24) is 10.2 Å². The molecule has 4 nitrogen and oxygen atoms in total. The Morgan fingerprint density at radius 1 is 1.22 bits per heavy atom. The van der Waals surface area contributed by atoms with Crippen LogP contribution in [0.1, 0.15) is 38.2 Å². The molecule has 1 aliphatic carbocycles. The average Bonchev–Trinajstić information content (AvgIpc) is 3.20. The standard InChI is InChI=1S/C22H30N2O2.ClH/c1-16(14-23-2)22(25)24(18-9-5-6-10-18)15-20-19-11-7-4-8-17(19)12-13-21(20)26-3;/h4,7-8,11-13,16,18,23H,5-6,9-10,14-15H2,1-3H3;1H. The number of benzene rings is 2. The molecule has 5 heteroatoms. The highest BCUT2D eigenvalue weighted by molar-refractivity contribution is 5.88. The maximum Gasteiger partial charge on any atom is 0.227 e. The molecule has 1 N–H and O–H groups in total. The first kappa shape index (κ1) is 21.5. The normalized spacial score (nSPS) is 15.4. The number of hydrogen-bond donors (Lipinski definition) is 1. The predicted octanol–water partition coefficient (Wildman–Crippen LogP) is 4.40. The number of halogens is 1. The summed E-state index contributed by atoms with van der Waals surface area (Å²) in [4.78, 5) is 15.3. The van der Waals surface area contributed by atoms with Crippen molar-refractivity contribution in [3.8, 4) is 5.75 Å². The number of methoxy groups -OCH3 is 1. The molecule has 2 aromatic carbocycles. The molecule has 0 bridgehead atoms. The van der Waals surface area contributed by atoms with Crippen LogP contribution in [-0.2, 0) is 11.3 Å². The predicted molar refractivity (Wildman–Crippen MR) is 114 cm³/mol. The van der Waals surface area contributed by atoms with Crippen molar-refractivity contribution in [3.63, 3.8) is 0 Å². The molecule has 1 atom stereocenters. The molecular formula is C22H31ClN2O2. The number of hydrogen-bond acceptors (Lipinski definition) is 3. The van der Waals surface area contributed by atoms with Gasteiger partial charge in [0, 0.05) is 24.1 Å². The van der Waals surface area contributed by atoms with Crippen LogP contribution in [0.4, 0.5) is 0 Å². The Hall–Kier alpha value is -1.78. The van der Waals surface area contributed by atoms with Gasteiger partial charge in [0.15, 0.2) is 0 Å². The summed E-state index contributed by atoms with van der Waals surface area (Å²) in [5.74, 6) is 1.07. The highest BCUT2D eigenvalue weighted by Crippen LogP contribution is 2.32. The number of rotatable bonds is 7. The quantitative estimate of drug-likeness (QED) is 0.761. The molecule has 0 aliphatic heterocycles. The van der Waals surface area contributed by atoms with Gasteiger partial charge in [-0.05, 0) is 36.7 Å². The van der Waals surface area contributed by atoms with Crippen molar-refractivity contribution in [3.05, 3.63) is 42.0 Å². The molecule has 1 aliphatic rings. The summed E-state index contributed by atoms with van der Waals surface area (Å²) in [5, 5.41) is 5.49. The summed E-state index contributed by atoms with van der Waals surface area (Å²) in [6.07, 6.45) is 4.62. The van der Waals surface area contributed by atoms with E-state index in [1.807, 2.05) is 26.1 Å². The number of ether oxygens (including phenoxy) is 1. The number of carbonyl (C=O) groups excluding carboxylic acids is 1. The molecule has 1 unspecified atom stereocenters. The van der Waals surface area contributed by atoms with Gasteiger partial charge >= 0.3 is 0 Å². The number of carbonyl (C=O) groups is 1. The van der Waals surface area contributed by atoms with E-state index in [0.717, 1.165) is 24.2 Å². The Balaban J connectivity index is 0.00000261. The molecule has 1 saturated carbocycles. The molecule has 0 aromatic heterocycles. The zero-order chi connectivity index (χ0) is 18.5. The third-order valence-electron chi connectivity index (χ3n) is 5.53. The fourth-order valence-corrected chi connectivity index (χ4v) is 4.12. The highest BCUT2D eigenvalue weighted by atomic mass is 35.5. The van der Waals surface area contributed by atoms with Crippen LogP contribution in [0.5, 0.6) is 5.75 Å². The maximum absolute atomic E-state index is 13.2. The third-order valence-corrected chi connectivity index (χ3v) is 5.53. The Labute approximate surface area is 168 Å². The van der Waals surface area contributed by atoms with Crippen molar-refractivity contribution in [1.29, 1.82) is 0 Å². The lowest BCUT2D eigenvalue weighted by Gasteiger charge is -2.32. The van der Waals surface area contributed by atoms with Gasteiger partial charge in [-0.3, -0.25) is 4.79 Å². The summed E-state index contributed by atoms with van der Waals surface area (Å²) < 4.78 is 5.65. The molecule has 2 aromatic rings. The first-order chi connectivity index (χ1) is 12.7. The zero-order valence-electron chi connectivity index (χ0n) is 16.5. The topological polar surface area (TPSA) is 41.6 Å². The first-order valence-corrected chi connectivity index (χ1v) is 9.65. The van der Waals surface area contributed by atoms with Crippen LogP contribution in [0, 0.1) is 5.92 Å². The second-order valence-electron chi connectivity index (χ2n) is 7.33.